The van der Waals surface area contributed by atoms with Crippen molar-refractivity contribution in [1.29, 1.82) is 0 Å². The van der Waals surface area contributed by atoms with E-state index in [1.54, 1.807) is 12.1 Å². The Kier molecular flexibility index (Phi) is 5.89. The van der Waals surface area contributed by atoms with E-state index in [1.807, 2.05) is 36.4 Å². The van der Waals surface area contributed by atoms with E-state index in [9.17, 15) is 10.2 Å². The molecule has 4 rings (SSSR count). The Hall–Kier alpha value is -2.69. The highest BCUT2D eigenvalue weighted by Gasteiger charge is 2.24. The molecule has 3 aromatic carbocycles. The minimum atomic E-state index is -0.0663. The summed E-state index contributed by atoms with van der Waals surface area (Å²) in [5, 5.41) is 23.3. The number of nitrogens with zero attached hydrogens (tertiary/aromatic N) is 1. The lowest BCUT2D eigenvalue weighted by atomic mass is 9.93. The van der Waals surface area contributed by atoms with Crippen molar-refractivity contribution in [2.24, 2.45) is 0 Å². The largest absolute Gasteiger partial charge is 0.504 e. The molecule has 0 spiro atoms. The number of halogens is 1. The van der Waals surface area contributed by atoms with Crippen LogP contribution in [0.15, 0.2) is 72.8 Å². The van der Waals surface area contributed by atoms with Gasteiger partial charge in [-0.15, -0.1) is 12.4 Å². The molecule has 0 fully saturated rings. The van der Waals surface area contributed by atoms with E-state index in [1.165, 1.54) is 0 Å². The van der Waals surface area contributed by atoms with Gasteiger partial charge in [0, 0.05) is 17.9 Å². The van der Waals surface area contributed by atoms with Gasteiger partial charge in [0.15, 0.2) is 11.5 Å². The zero-order chi connectivity index (χ0) is 17.9. The van der Waals surface area contributed by atoms with Crippen molar-refractivity contribution >= 4 is 23.8 Å². The topological polar surface area (TPSA) is 55.7 Å². The predicted molar refractivity (Wildman–Crippen MR) is 111 cm³/mol. The molecule has 140 valence electrons. The lowest BCUT2D eigenvalue weighted by Crippen LogP contribution is -2.37. The second-order valence-electron chi connectivity index (χ2n) is 6.58. The van der Waals surface area contributed by atoms with Crippen LogP contribution >= 0.6 is 12.4 Å². The summed E-state index contributed by atoms with van der Waals surface area (Å²) < 4.78 is 0. The number of hydrogen-bond donors (Lipinski definition) is 3. The zero-order valence-corrected chi connectivity index (χ0v) is 15.7. The van der Waals surface area contributed by atoms with Crippen LogP contribution in [0.4, 0.5) is 11.4 Å². The van der Waals surface area contributed by atoms with E-state index in [4.69, 9.17) is 0 Å². The molecule has 0 aliphatic carbocycles. The van der Waals surface area contributed by atoms with Gasteiger partial charge in [-0.1, -0.05) is 36.4 Å². The molecule has 3 aromatic rings. The van der Waals surface area contributed by atoms with Crippen molar-refractivity contribution in [2.45, 2.75) is 12.5 Å². The number of anilines is 2. The van der Waals surface area contributed by atoms with Gasteiger partial charge in [0.1, 0.15) is 0 Å². The maximum absolute atomic E-state index is 9.97. The normalized spacial score (nSPS) is 15.5. The Morgan fingerprint density at radius 1 is 0.852 bits per heavy atom. The fourth-order valence-corrected chi connectivity index (χ4v) is 3.59. The lowest BCUT2D eigenvalue weighted by molar-refractivity contribution is 0.399. The van der Waals surface area contributed by atoms with Crippen molar-refractivity contribution in [3.8, 4) is 11.5 Å². The van der Waals surface area contributed by atoms with Crippen LogP contribution in [0.25, 0.3) is 0 Å². The Morgan fingerprint density at radius 2 is 1.41 bits per heavy atom. The summed E-state index contributed by atoms with van der Waals surface area (Å²) in [7, 11) is 0. The molecule has 1 aliphatic rings. The van der Waals surface area contributed by atoms with Gasteiger partial charge in [0.25, 0.3) is 0 Å². The summed E-state index contributed by atoms with van der Waals surface area (Å²) >= 11 is 0. The van der Waals surface area contributed by atoms with Gasteiger partial charge in [0.2, 0.25) is 0 Å². The minimum absolute atomic E-state index is 0. The summed E-state index contributed by atoms with van der Waals surface area (Å²) in [4.78, 5) is 2.27. The Morgan fingerprint density at radius 3 is 2.00 bits per heavy atom. The van der Waals surface area contributed by atoms with Gasteiger partial charge in [-0.05, 0) is 60.5 Å². The molecule has 0 aromatic heterocycles. The summed E-state index contributed by atoms with van der Waals surface area (Å²) in [5.41, 5.74) is 4.37. The van der Waals surface area contributed by atoms with Gasteiger partial charge < -0.3 is 20.4 Å². The Balaban J connectivity index is 0.00000210. The molecule has 1 aliphatic heterocycles. The maximum atomic E-state index is 9.97. The van der Waals surface area contributed by atoms with Crippen molar-refractivity contribution in [3.05, 3.63) is 83.9 Å². The average Bonchev–Trinajstić information content (AvgIpc) is 2.68. The molecule has 0 saturated carbocycles. The molecule has 5 heteroatoms. The number of aromatic hydroxyl groups is 2. The third-order valence-corrected chi connectivity index (χ3v) is 4.90. The summed E-state index contributed by atoms with van der Waals surface area (Å²) in [6, 6.07) is 24.0. The average molecular weight is 383 g/mol. The van der Waals surface area contributed by atoms with Crippen molar-refractivity contribution < 1.29 is 10.2 Å². The predicted octanol–water partition coefficient (Wildman–Crippen LogP) is 4.54. The fraction of sp³-hybridized carbons (Fsp3) is 0.182. The molecule has 0 amide bonds. The highest BCUT2D eigenvalue weighted by Crippen LogP contribution is 2.35. The molecule has 4 nitrogen and oxygen atoms in total. The standard InChI is InChI=1S/C22H22N2O2.ClH/c25-21-13-16-11-12-23-20(19(16)14-22(21)26)15-24(17-7-3-1-4-8-17)18-9-5-2-6-10-18;/h1-10,13-14,20,23,25-26H,11-12,15H2;1H. The van der Waals surface area contributed by atoms with Crippen LogP contribution in [-0.2, 0) is 6.42 Å². The van der Waals surface area contributed by atoms with Crippen LogP contribution in [0.1, 0.15) is 17.2 Å². The Labute approximate surface area is 165 Å². The fourth-order valence-electron chi connectivity index (χ4n) is 3.59. The van der Waals surface area contributed by atoms with Gasteiger partial charge in [-0.3, -0.25) is 0 Å². The van der Waals surface area contributed by atoms with Crippen molar-refractivity contribution in [1.82, 2.24) is 5.32 Å². The zero-order valence-electron chi connectivity index (χ0n) is 14.9. The highest BCUT2D eigenvalue weighted by molar-refractivity contribution is 5.85. The summed E-state index contributed by atoms with van der Waals surface area (Å²) in [5.74, 6) is -0.115. The molecule has 1 atom stereocenters. The van der Waals surface area contributed by atoms with E-state index in [2.05, 4.69) is 34.5 Å². The van der Waals surface area contributed by atoms with Crippen molar-refractivity contribution in [3.63, 3.8) is 0 Å². The van der Waals surface area contributed by atoms with Crippen LogP contribution in [0.2, 0.25) is 0 Å². The highest BCUT2D eigenvalue weighted by atomic mass is 35.5. The van der Waals surface area contributed by atoms with E-state index < -0.39 is 0 Å². The molecular formula is C22H23ClN2O2. The molecule has 27 heavy (non-hydrogen) atoms. The number of fused-ring (bicyclic) bond motifs is 1. The van der Waals surface area contributed by atoms with Crippen LogP contribution in [0, 0.1) is 0 Å². The lowest BCUT2D eigenvalue weighted by Gasteiger charge is -2.34. The molecule has 0 saturated heterocycles. The monoisotopic (exact) mass is 382 g/mol. The van der Waals surface area contributed by atoms with E-state index in [-0.39, 0.29) is 29.9 Å². The first-order valence-electron chi connectivity index (χ1n) is 8.88. The SMILES string of the molecule is Cl.Oc1cc2c(cc1O)C(CN(c1ccccc1)c1ccccc1)NCC2. The number of benzene rings is 3. The number of nitrogens with one attached hydrogen (secondary N) is 1. The van der Waals surface area contributed by atoms with Gasteiger partial charge in [-0.2, -0.15) is 0 Å². The number of phenolic OH excluding ortho intramolecular Hbond substituents is 2. The minimum Gasteiger partial charge on any atom is -0.504 e. The molecule has 3 N–H and O–H groups in total. The van der Waals surface area contributed by atoms with Gasteiger partial charge in [0.05, 0.1) is 6.04 Å². The van der Waals surface area contributed by atoms with E-state index >= 15 is 0 Å². The number of rotatable bonds is 4. The van der Waals surface area contributed by atoms with E-state index in [0.717, 1.165) is 42.0 Å². The number of hydrogen-bond acceptors (Lipinski definition) is 4. The molecule has 0 bridgehead atoms. The molecule has 1 unspecified atom stereocenters. The van der Waals surface area contributed by atoms with Crippen LogP contribution < -0.4 is 10.2 Å². The van der Waals surface area contributed by atoms with Gasteiger partial charge >= 0.3 is 0 Å². The first-order chi connectivity index (χ1) is 12.7. The van der Waals surface area contributed by atoms with E-state index in [0.29, 0.717) is 0 Å². The molecule has 1 heterocycles. The first kappa shape index (κ1) is 19.1. The number of phenols is 2. The molecule has 0 radical (unpaired) electrons. The summed E-state index contributed by atoms with van der Waals surface area (Å²) in [6.45, 7) is 1.57. The number of para-hydroxylation sites is 2. The maximum Gasteiger partial charge on any atom is 0.157 e. The second kappa shape index (κ2) is 8.33. The Bertz CT molecular complexity index is 848. The third kappa shape index (κ3) is 4.02. The summed E-state index contributed by atoms with van der Waals surface area (Å²) in [6.07, 6.45) is 0.844. The molecular weight excluding hydrogens is 360 g/mol. The second-order valence-corrected chi connectivity index (χ2v) is 6.58. The van der Waals surface area contributed by atoms with Crippen molar-refractivity contribution in [2.75, 3.05) is 18.0 Å². The van der Waals surface area contributed by atoms with Crippen LogP contribution in [-0.4, -0.2) is 23.3 Å². The van der Waals surface area contributed by atoms with Gasteiger partial charge in [-0.25, -0.2) is 0 Å². The smallest absolute Gasteiger partial charge is 0.157 e. The third-order valence-electron chi connectivity index (χ3n) is 4.90. The van der Waals surface area contributed by atoms with Crippen LogP contribution in [0.3, 0.4) is 0 Å². The van der Waals surface area contributed by atoms with Crippen LogP contribution in [0.5, 0.6) is 11.5 Å². The quantitative estimate of drug-likeness (QED) is 0.579. The first-order valence-corrected chi connectivity index (χ1v) is 8.88.